The highest BCUT2D eigenvalue weighted by atomic mass is 16.2. The van der Waals surface area contributed by atoms with Crippen molar-refractivity contribution < 1.29 is 9.59 Å². The van der Waals surface area contributed by atoms with Crippen LogP contribution in [-0.2, 0) is 0 Å². The van der Waals surface area contributed by atoms with Crippen LogP contribution >= 0.6 is 0 Å². The Labute approximate surface area is 140 Å². The van der Waals surface area contributed by atoms with Gasteiger partial charge in [-0.25, -0.2) is 9.97 Å². The molecular weight excluding hydrogens is 304 g/mol. The zero-order valence-electron chi connectivity index (χ0n) is 13.9. The number of carbonyl (C=O) groups is 2. The van der Waals surface area contributed by atoms with Crippen molar-refractivity contribution in [3.05, 3.63) is 47.4 Å². The van der Waals surface area contributed by atoms with E-state index in [4.69, 9.17) is 0 Å². The third-order valence-corrected chi connectivity index (χ3v) is 4.01. The smallest absolute Gasteiger partial charge is 0.274 e. The zero-order valence-corrected chi connectivity index (χ0v) is 13.9. The number of aromatic nitrogens is 2. The molecular formula is C18H20N4O2. The number of nitrogens with one attached hydrogen (secondary N) is 1. The van der Waals surface area contributed by atoms with E-state index < -0.39 is 0 Å². The largest absolute Gasteiger partial charge is 0.356 e. The van der Waals surface area contributed by atoms with E-state index in [2.05, 4.69) is 20.2 Å². The lowest BCUT2D eigenvalue weighted by Crippen LogP contribution is -2.22. The molecule has 1 aliphatic rings. The third kappa shape index (κ3) is 3.59. The van der Waals surface area contributed by atoms with Crippen molar-refractivity contribution in [1.29, 1.82) is 0 Å². The molecule has 1 saturated heterocycles. The SMILES string of the molecule is CC(=O)c1cccc(NC(=O)c2cc(N3CCCC3)nc(C)n2)c1. The van der Waals surface area contributed by atoms with Crippen LogP contribution in [0.1, 0.15) is 46.4 Å². The van der Waals surface area contributed by atoms with Crippen LogP contribution in [0.4, 0.5) is 11.5 Å². The fourth-order valence-electron chi connectivity index (χ4n) is 2.79. The number of rotatable bonds is 4. The summed E-state index contributed by atoms with van der Waals surface area (Å²) < 4.78 is 0. The minimum Gasteiger partial charge on any atom is -0.356 e. The Morgan fingerprint density at radius 2 is 1.88 bits per heavy atom. The molecule has 0 spiro atoms. The summed E-state index contributed by atoms with van der Waals surface area (Å²) in [6.45, 7) is 5.19. The predicted octanol–water partition coefficient (Wildman–Crippen LogP) is 2.84. The first-order valence-electron chi connectivity index (χ1n) is 8.06. The number of nitrogens with zero attached hydrogens (tertiary/aromatic N) is 3. The summed E-state index contributed by atoms with van der Waals surface area (Å²) in [7, 11) is 0. The summed E-state index contributed by atoms with van der Waals surface area (Å²) in [5.74, 6) is 1.02. The highest BCUT2D eigenvalue weighted by Gasteiger charge is 2.17. The third-order valence-electron chi connectivity index (χ3n) is 4.01. The minimum atomic E-state index is -0.304. The van der Waals surface area contributed by atoms with E-state index in [1.165, 1.54) is 6.92 Å². The summed E-state index contributed by atoms with van der Waals surface area (Å²) in [4.78, 5) is 34.8. The van der Waals surface area contributed by atoms with Gasteiger partial charge in [0.2, 0.25) is 0 Å². The highest BCUT2D eigenvalue weighted by molar-refractivity contribution is 6.04. The van der Waals surface area contributed by atoms with Crippen LogP contribution < -0.4 is 10.2 Å². The number of anilines is 2. The lowest BCUT2D eigenvalue weighted by molar-refractivity contribution is 0.100. The average molecular weight is 324 g/mol. The highest BCUT2D eigenvalue weighted by Crippen LogP contribution is 2.19. The van der Waals surface area contributed by atoms with Crippen molar-refractivity contribution in [3.8, 4) is 0 Å². The van der Waals surface area contributed by atoms with Gasteiger partial charge in [-0.15, -0.1) is 0 Å². The van der Waals surface area contributed by atoms with Gasteiger partial charge in [-0.1, -0.05) is 12.1 Å². The molecule has 1 amide bonds. The van der Waals surface area contributed by atoms with Crippen LogP contribution in [0.2, 0.25) is 0 Å². The van der Waals surface area contributed by atoms with E-state index >= 15 is 0 Å². The number of hydrogen-bond donors (Lipinski definition) is 1. The number of Topliss-reactive ketones (excluding diaryl/α,β-unsaturated/α-hetero) is 1. The normalized spacial score (nSPS) is 13.8. The van der Waals surface area contributed by atoms with Crippen molar-refractivity contribution in [3.63, 3.8) is 0 Å². The van der Waals surface area contributed by atoms with Crippen LogP contribution in [0, 0.1) is 6.92 Å². The summed E-state index contributed by atoms with van der Waals surface area (Å²) in [5, 5.41) is 2.80. The average Bonchev–Trinajstić information content (AvgIpc) is 3.09. The maximum absolute atomic E-state index is 12.5. The van der Waals surface area contributed by atoms with Crippen molar-refractivity contribution in [2.24, 2.45) is 0 Å². The van der Waals surface area contributed by atoms with Gasteiger partial charge in [0.15, 0.2) is 5.78 Å². The molecule has 2 heterocycles. The second-order valence-corrected chi connectivity index (χ2v) is 5.94. The molecule has 0 aliphatic carbocycles. The van der Waals surface area contributed by atoms with Gasteiger partial charge < -0.3 is 10.2 Å². The predicted molar refractivity (Wildman–Crippen MR) is 92.6 cm³/mol. The van der Waals surface area contributed by atoms with Crippen molar-refractivity contribution >= 4 is 23.2 Å². The van der Waals surface area contributed by atoms with Crippen LogP contribution in [0.25, 0.3) is 0 Å². The second kappa shape index (κ2) is 6.78. The molecule has 0 bridgehead atoms. The number of hydrogen-bond acceptors (Lipinski definition) is 5. The summed E-state index contributed by atoms with van der Waals surface area (Å²) in [5.41, 5.74) is 1.47. The van der Waals surface area contributed by atoms with Gasteiger partial charge in [-0.3, -0.25) is 9.59 Å². The first kappa shape index (κ1) is 16.1. The molecule has 0 unspecified atom stereocenters. The Balaban J connectivity index is 1.82. The molecule has 1 aliphatic heterocycles. The van der Waals surface area contributed by atoms with Gasteiger partial charge >= 0.3 is 0 Å². The standard InChI is InChI=1S/C18H20N4O2/c1-12(23)14-6-5-7-15(10-14)21-18(24)16-11-17(20-13(2)19-16)22-8-3-4-9-22/h5-7,10-11H,3-4,8-9H2,1-2H3,(H,21,24). The van der Waals surface area contributed by atoms with Crippen LogP contribution in [0.3, 0.4) is 0 Å². The molecule has 1 aromatic carbocycles. The van der Waals surface area contributed by atoms with Crippen LogP contribution in [-0.4, -0.2) is 34.7 Å². The van der Waals surface area contributed by atoms with E-state index in [1.807, 2.05) is 0 Å². The topological polar surface area (TPSA) is 75.2 Å². The maximum atomic E-state index is 12.5. The van der Waals surface area contributed by atoms with Gasteiger partial charge in [0.1, 0.15) is 17.3 Å². The van der Waals surface area contributed by atoms with Crippen molar-refractivity contribution in [2.75, 3.05) is 23.3 Å². The molecule has 2 aromatic rings. The van der Waals surface area contributed by atoms with Crippen LogP contribution in [0.5, 0.6) is 0 Å². The van der Waals surface area contributed by atoms with Crippen molar-refractivity contribution in [1.82, 2.24) is 9.97 Å². The molecule has 124 valence electrons. The van der Waals surface area contributed by atoms with E-state index in [0.29, 0.717) is 22.8 Å². The molecule has 6 heteroatoms. The molecule has 0 atom stereocenters. The molecule has 1 N–H and O–H groups in total. The zero-order chi connectivity index (χ0) is 17.1. The number of aryl methyl sites for hydroxylation is 1. The number of amides is 1. The Morgan fingerprint density at radius 1 is 1.12 bits per heavy atom. The Bertz CT molecular complexity index is 782. The Hall–Kier alpha value is -2.76. The first-order chi connectivity index (χ1) is 11.5. The van der Waals surface area contributed by atoms with E-state index in [1.54, 1.807) is 37.3 Å². The van der Waals surface area contributed by atoms with Crippen LogP contribution in [0.15, 0.2) is 30.3 Å². The van der Waals surface area contributed by atoms with E-state index in [0.717, 1.165) is 31.7 Å². The second-order valence-electron chi connectivity index (χ2n) is 5.94. The Kier molecular flexibility index (Phi) is 4.55. The van der Waals surface area contributed by atoms with Gasteiger partial charge in [-0.05, 0) is 38.8 Å². The summed E-state index contributed by atoms with van der Waals surface area (Å²) >= 11 is 0. The fraction of sp³-hybridized carbons (Fsp3) is 0.333. The molecule has 3 rings (SSSR count). The van der Waals surface area contributed by atoms with Gasteiger partial charge in [-0.2, -0.15) is 0 Å². The summed E-state index contributed by atoms with van der Waals surface area (Å²) in [6.07, 6.45) is 2.28. The Morgan fingerprint density at radius 3 is 2.58 bits per heavy atom. The van der Waals surface area contributed by atoms with Crippen molar-refractivity contribution in [2.45, 2.75) is 26.7 Å². The number of benzene rings is 1. The van der Waals surface area contributed by atoms with Gasteiger partial charge in [0.05, 0.1) is 0 Å². The number of carbonyl (C=O) groups excluding carboxylic acids is 2. The fourth-order valence-corrected chi connectivity index (χ4v) is 2.79. The summed E-state index contributed by atoms with van der Waals surface area (Å²) in [6, 6.07) is 8.60. The molecule has 0 radical (unpaired) electrons. The quantitative estimate of drug-likeness (QED) is 0.875. The van der Waals surface area contributed by atoms with E-state index in [9.17, 15) is 9.59 Å². The minimum absolute atomic E-state index is 0.0414. The molecule has 0 saturated carbocycles. The molecule has 6 nitrogen and oxygen atoms in total. The monoisotopic (exact) mass is 324 g/mol. The first-order valence-corrected chi connectivity index (χ1v) is 8.06. The lowest BCUT2D eigenvalue weighted by Gasteiger charge is -2.17. The molecule has 1 aromatic heterocycles. The van der Waals surface area contributed by atoms with Gasteiger partial charge in [0, 0.05) is 30.4 Å². The maximum Gasteiger partial charge on any atom is 0.274 e. The van der Waals surface area contributed by atoms with Gasteiger partial charge in [0.25, 0.3) is 5.91 Å². The van der Waals surface area contributed by atoms with E-state index in [-0.39, 0.29) is 11.7 Å². The molecule has 24 heavy (non-hydrogen) atoms. The number of ketones is 1. The lowest BCUT2D eigenvalue weighted by atomic mass is 10.1. The molecule has 1 fully saturated rings.